The molecule has 0 fully saturated rings. The first-order chi connectivity index (χ1) is 9.19. The van der Waals surface area contributed by atoms with E-state index in [1.165, 1.54) is 19.8 Å². The second kappa shape index (κ2) is 7.22. The Morgan fingerprint density at radius 3 is 2.47 bits per heavy atom. The van der Waals surface area contributed by atoms with Crippen molar-refractivity contribution in [3.63, 3.8) is 0 Å². The number of benzene rings is 1. The van der Waals surface area contributed by atoms with Crippen LogP contribution in [0.4, 0.5) is 0 Å². The van der Waals surface area contributed by atoms with E-state index in [0.29, 0.717) is 5.92 Å². The Hall–Kier alpha value is -0.640. The van der Waals surface area contributed by atoms with E-state index in [-0.39, 0.29) is 0 Å². The van der Waals surface area contributed by atoms with Gasteiger partial charge < -0.3 is 5.32 Å². The summed E-state index contributed by atoms with van der Waals surface area (Å²) >= 11 is 5.38. The molecule has 0 aliphatic carbocycles. The SMILES string of the molecule is CCNCC(Cc1ccc(Br)s1)c1ccc(C)cc1. The molecule has 0 aliphatic heterocycles. The van der Waals surface area contributed by atoms with Gasteiger partial charge in [-0.25, -0.2) is 0 Å². The molecule has 1 nitrogen and oxygen atoms in total. The average Bonchev–Trinajstić information content (AvgIpc) is 2.81. The van der Waals surface area contributed by atoms with Gasteiger partial charge in [-0.05, 0) is 53.5 Å². The van der Waals surface area contributed by atoms with E-state index in [1.807, 2.05) is 11.3 Å². The van der Waals surface area contributed by atoms with Crippen LogP contribution in [0, 0.1) is 6.92 Å². The summed E-state index contributed by atoms with van der Waals surface area (Å²) in [6, 6.07) is 13.3. The van der Waals surface area contributed by atoms with Gasteiger partial charge in [0.05, 0.1) is 3.79 Å². The standard InChI is InChI=1S/C16H20BrNS/c1-3-18-11-14(10-15-8-9-16(17)19-15)13-6-4-12(2)5-7-13/h4-9,14,18H,3,10-11H2,1-2H3. The Morgan fingerprint density at radius 2 is 1.89 bits per heavy atom. The molecule has 1 atom stereocenters. The minimum Gasteiger partial charge on any atom is -0.316 e. The van der Waals surface area contributed by atoms with E-state index < -0.39 is 0 Å². The lowest BCUT2D eigenvalue weighted by Gasteiger charge is -2.17. The molecular weight excluding hydrogens is 318 g/mol. The van der Waals surface area contributed by atoms with Crippen LogP contribution in [0.1, 0.15) is 28.8 Å². The minimum absolute atomic E-state index is 0.547. The van der Waals surface area contributed by atoms with Crippen molar-refractivity contribution in [2.75, 3.05) is 13.1 Å². The van der Waals surface area contributed by atoms with Crippen LogP contribution in [0.2, 0.25) is 0 Å². The van der Waals surface area contributed by atoms with Gasteiger partial charge in [0.15, 0.2) is 0 Å². The molecule has 2 aromatic rings. The van der Waals surface area contributed by atoms with Crippen molar-refractivity contribution in [1.29, 1.82) is 0 Å². The number of thiophene rings is 1. The predicted octanol–water partition coefficient (Wildman–Crippen LogP) is 4.75. The molecule has 1 aromatic heterocycles. The van der Waals surface area contributed by atoms with Gasteiger partial charge in [-0.1, -0.05) is 36.8 Å². The van der Waals surface area contributed by atoms with Crippen molar-refractivity contribution >= 4 is 27.3 Å². The predicted molar refractivity (Wildman–Crippen MR) is 88.2 cm³/mol. The molecule has 0 aliphatic rings. The summed E-state index contributed by atoms with van der Waals surface area (Å²) in [6.07, 6.45) is 1.10. The molecule has 102 valence electrons. The largest absolute Gasteiger partial charge is 0.316 e. The van der Waals surface area contributed by atoms with E-state index in [4.69, 9.17) is 0 Å². The van der Waals surface area contributed by atoms with Crippen LogP contribution in [0.15, 0.2) is 40.2 Å². The molecule has 19 heavy (non-hydrogen) atoms. The number of hydrogen-bond acceptors (Lipinski definition) is 2. The molecule has 0 amide bonds. The Morgan fingerprint density at radius 1 is 1.16 bits per heavy atom. The zero-order chi connectivity index (χ0) is 13.7. The summed E-state index contributed by atoms with van der Waals surface area (Å²) in [5, 5.41) is 3.48. The third kappa shape index (κ3) is 4.44. The van der Waals surface area contributed by atoms with Gasteiger partial charge in [-0.15, -0.1) is 11.3 Å². The van der Waals surface area contributed by atoms with Crippen molar-refractivity contribution < 1.29 is 0 Å². The zero-order valence-corrected chi connectivity index (χ0v) is 13.9. The monoisotopic (exact) mass is 337 g/mol. The fourth-order valence-electron chi connectivity index (χ4n) is 2.17. The average molecular weight is 338 g/mol. The van der Waals surface area contributed by atoms with Gasteiger partial charge in [-0.3, -0.25) is 0 Å². The molecular formula is C16H20BrNS. The fraction of sp³-hybridized carbons (Fsp3) is 0.375. The lowest BCUT2D eigenvalue weighted by molar-refractivity contribution is 0.598. The summed E-state index contributed by atoms with van der Waals surface area (Å²) in [4.78, 5) is 1.44. The van der Waals surface area contributed by atoms with Crippen molar-refractivity contribution in [1.82, 2.24) is 5.32 Å². The van der Waals surface area contributed by atoms with Crippen LogP contribution in [0.3, 0.4) is 0 Å². The number of halogens is 1. The molecule has 1 heterocycles. The quantitative estimate of drug-likeness (QED) is 0.801. The second-order valence-electron chi connectivity index (χ2n) is 4.83. The van der Waals surface area contributed by atoms with E-state index in [9.17, 15) is 0 Å². The molecule has 0 saturated heterocycles. The first-order valence-corrected chi connectivity index (χ1v) is 8.31. The van der Waals surface area contributed by atoms with Crippen molar-refractivity contribution in [3.8, 4) is 0 Å². The molecule has 0 radical (unpaired) electrons. The molecule has 1 unspecified atom stereocenters. The van der Waals surface area contributed by atoms with E-state index in [1.54, 1.807) is 0 Å². The van der Waals surface area contributed by atoms with Gasteiger partial charge >= 0.3 is 0 Å². The van der Waals surface area contributed by atoms with Crippen molar-refractivity contribution in [3.05, 3.63) is 56.2 Å². The maximum absolute atomic E-state index is 3.54. The highest BCUT2D eigenvalue weighted by atomic mass is 79.9. The highest BCUT2D eigenvalue weighted by molar-refractivity contribution is 9.11. The summed E-state index contributed by atoms with van der Waals surface area (Å²) in [5.74, 6) is 0.547. The number of nitrogens with one attached hydrogen (secondary N) is 1. The fourth-order valence-corrected chi connectivity index (χ4v) is 3.73. The normalized spacial score (nSPS) is 12.6. The second-order valence-corrected chi connectivity index (χ2v) is 7.37. The Bertz CT molecular complexity index is 504. The number of likely N-dealkylation sites (N-methyl/N-ethyl adjacent to an activating group) is 1. The Balaban J connectivity index is 2.13. The Labute approximate surface area is 128 Å². The van der Waals surface area contributed by atoms with Gasteiger partial charge in [-0.2, -0.15) is 0 Å². The Kier molecular flexibility index (Phi) is 5.61. The van der Waals surface area contributed by atoms with E-state index in [0.717, 1.165) is 19.5 Å². The van der Waals surface area contributed by atoms with Gasteiger partial charge in [0.25, 0.3) is 0 Å². The molecule has 2 rings (SSSR count). The number of aryl methyl sites for hydroxylation is 1. The molecule has 3 heteroatoms. The summed E-state index contributed by atoms with van der Waals surface area (Å²) < 4.78 is 1.22. The molecule has 0 saturated carbocycles. The lowest BCUT2D eigenvalue weighted by atomic mass is 9.94. The summed E-state index contributed by atoms with van der Waals surface area (Å²) in [5.41, 5.74) is 2.75. The molecule has 1 aromatic carbocycles. The van der Waals surface area contributed by atoms with E-state index >= 15 is 0 Å². The number of hydrogen-bond donors (Lipinski definition) is 1. The third-order valence-corrected chi connectivity index (χ3v) is 4.91. The van der Waals surface area contributed by atoms with Crippen LogP contribution in [0.25, 0.3) is 0 Å². The van der Waals surface area contributed by atoms with Crippen LogP contribution < -0.4 is 5.32 Å². The molecule has 1 N–H and O–H groups in total. The van der Waals surface area contributed by atoms with Gasteiger partial charge in [0.2, 0.25) is 0 Å². The lowest BCUT2D eigenvalue weighted by Crippen LogP contribution is -2.22. The highest BCUT2D eigenvalue weighted by Gasteiger charge is 2.13. The van der Waals surface area contributed by atoms with Gasteiger partial charge in [0, 0.05) is 17.3 Å². The smallest absolute Gasteiger partial charge is 0.0701 e. The van der Waals surface area contributed by atoms with Crippen LogP contribution >= 0.6 is 27.3 Å². The first kappa shape index (κ1) is 14.8. The van der Waals surface area contributed by atoms with Crippen LogP contribution in [-0.4, -0.2) is 13.1 Å². The molecule has 0 bridgehead atoms. The van der Waals surface area contributed by atoms with Crippen LogP contribution in [-0.2, 0) is 6.42 Å². The zero-order valence-electron chi connectivity index (χ0n) is 11.4. The molecule has 0 spiro atoms. The highest BCUT2D eigenvalue weighted by Crippen LogP contribution is 2.28. The maximum Gasteiger partial charge on any atom is 0.0701 e. The topological polar surface area (TPSA) is 12.0 Å². The van der Waals surface area contributed by atoms with Gasteiger partial charge in [0.1, 0.15) is 0 Å². The minimum atomic E-state index is 0.547. The summed E-state index contributed by atoms with van der Waals surface area (Å²) in [7, 11) is 0. The van der Waals surface area contributed by atoms with Crippen LogP contribution in [0.5, 0.6) is 0 Å². The third-order valence-electron chi connectivity index (χ3n) is 3.27. The summed E-state index contributed by atoms with van der Waals surface area (Å²) in [6.45, 7) is 6.36. The maximum atomic E-state index is 3.54. The van der Waals surface area contributed by atoms with Crippen molar-refractivity contribution in [2.24, 2.45) is 0 Å². The number of rotatable bonds is 6. The van der Waals surface area contributed by atoms with Crippen molar-refractivity contribution in [2.45, 2.75) is 26.2 Å². The first-order valence-electron chi connectivity index (χ1n) is 6.70. The van der Waals surface area contributed by atoms with E-state index in [2.05, 4.69) is 71.5 Å².